The van der Waals surface area contributed by atoms with Gasteiger partial charge in [0, 0.05) is 23.3 Å². The van der Waals surface area contributed by atoms with E-state index < -0.39 is 23.9 Å². The van der Waals surface area contributed by atoms with Gasteiger partial charge in [-0.3, -0.25) is 0 Å². The molecule has 0 saturated heterocycles. The third kappa shape index (κ3) is 17.2. The molecule has 0 bridgehead atoms. The van der Waals surface area contributed by atoms with Crippen molar-refractivity contribution in [1.82, 2.24) is 0 Å². The summed E-state index contributed by atoms with van der Waals surface area (Å²) in [7, 11) is 0. The zero-order valence-corrected chi connectivity index (χ0v) is 14.1. The van der Waals surface area contributed by atoms with Crippen LogP contribution in [-0.4, -0.2) is 60.5 Å². The van der Waals surface area contributed by atoms with Gasteiger partial charge in [0.25, 0.3) is 0 Å². The summed E-state index contributed by atoms with van der Waals surface area (Å²) in [5.41, 5.74) is 0.598. The number of esters is 3. The molecular weight excluding hydrogens is 336 g/mol. The first-order valence-corrected chi connectivity index (χ1v) is 6.95. The highest BCUT2D eigenvalue weighted by molar-refractivity contribution is 5.90. The van der Waals surface area contributed by atoms with Gasteiger partial charge in [-0.1, -0.05) is 13.2 Å². The number of aliphatic carboxylic acids is 1. The molecule has 0 aromatic rings. The molecular formula is C16H22O9. The normalized spacial score (nSPS) is 9.40. The number of aliphatic hydroxyl groups is 1. The summed E-state index contributed by atoms with van der Waals surface area (Å²) in [6, 6.07) is 0. The van der Waals surface area contributed by atoms with E-state index in [4.69, 9.17) is 10.2 Å². The Morgan fingerprint density at radius 3 is 1.68 bits per heavy atom. The first-order chi connectivity index (χ1) is 11.6. The Hall–Kier alpha value is -2.94. The monoisotopic (exact) mass is 358 g/mol. The minimum atomic E-state index is -1.24. The van der Waals surface area contributed by atoms with Gasteiger partial charge in [-0.05, 0) is 13.8 Å². The molecule has 0 rings (SSSR count). The number of carbonyl (C=O) groups is 4. The highest BCUT2D eigenvalue weighted by Gasteiger charge is 2.03. The van der Waals surface area contributed by atoms with Crippen LogP contribution in [0.1, 0.15) is 13.8 Å². The second kappa shape index (κ2) is 14.6. The molecule has 0 aliphatic rings. The molecule has 9 nitrogen and oxygen atoms in total. The average Bonchev–Trinajstić information content (AvgIpc) is 2.54. The van der Waals surface area contributed by atoms with Crippen molar-refractivity contribution in [3.8, 4) is 0 Å². The second-order valence-electron chi connectivity index (χ2n) is 4.40. The highest BCUT2D eigenvalue weighted by atomic mass is 16.6. The molecule has 0 saturated carbocycles. The van der Waals surface area contributed by atoms with E-state index in [1.807, 2.05) is 0 Å². The van der Waals surface area contributed by atoms with Crippen LogP contribution in [0.4, 0.5) is 0 Å². The van der Waals surface area contributed by atoms with Gasteiger partial charge in [0.05, 0.1) is 6.61 Å². The van der Waals surface area contributed by atoms with E-state index in [2.05, 4.69) is 27.4 Å². The lowest BCUT2D eigenvalue weighted by molar-refractivity contribution is -0.146. The smallest absolute Gasteiger partial charge is 0.333 e. The van der Waals surface area contributed by atoms with Crippen LogP contribution in [-0.2, 0) is 33.4 Å². The van der Waals surface area contributed by atoms with E-state index >= 15 is 0 Å². The van der Waals surface area contributed by atoms with Crippen LogP contribution in [0.15, 0.2) is 36.5 Å². The third-order valence-electron chi connectivity index (χ3n) is 1.94. The Morgan fingerprint density at radius 2 is 1.28 bits per heavy atom. The molecule has 0 fully saturated rings. The van der Waals surface area contributed by atoms with Gasteiger partial charge in [-0.2, -0.15) is 0 Å². The van der Waals surface area contributed by atoms with Gasteiger partial charge in [0.1, 0.15) is 19.8 Å². The maximum atomic E-state index is 10.8. The summed E-state index contributed by atoms with van der Waals surface area (Å²) < 4.78 is 13.6. The van der Waals surface area contributed by atoms with Crippen LogP contribution in [0.25, 0.3) is 0 Å². The molecule has 2 N–H and O–H groups in total. The quantitative estimate of drug-likeness (QED) is 0.259. The lowest BCUT2D eigenvalue weighted by Gasteiger charge is -2.03. The number of hydrogen-bond acceptors (Lipinski definition) is 8. The fraction of sp³-hybridized carbons (Fsp3) is 0.375. The predicted octanol–water partition coefficient (Wildman–Crippen LogP) is 0.388. The summed E-state index contributed by atoms with van der Waals surface area (Å²) in [6.07, 6.45) is 1.42. The van der Waals surface area contributed by atoms with Gasteiger partial charge in [-0.25, -0.2) is 19.2 Å². The molecule has 25 heavy (non-hydrogen) atoms. The van der Waals surface area contributed by atoms with E-state index in [1.165, 1.54) is 6.92 Å². The fourth-order valence-electron chi connectivity index (χ4n) is 0.849. The number of rotatable bonds is 9. The van der Waals surface area contributed by atoms with Crippen molar-refractivity contribution in [2.75, 3.05) is 26.4 Å². The lowest BCUT2D eigenvalue weighted by atomic mass is 10.4. The molecule has 0 aromatic carbocycles. The molecule has 0 aromatic heterocycles. The lowest BCUT2D eigenvalue weighted by Crippen LogP contribution is -2.13. The Kier molecular flexibility index (Phi) is 14.2. The topological polar surface area (TPSA) is 136 Å². The summed E-state index contributed by atoms with van der Waals surface area (Å²) >= 11 is 0. The summed E-state index contributed by atoms with van der Waals surface area (Å²) in [5, 5.41) is 16.4. The number of aliphatic hydroxyl groups excluding tert-OH is 1. The average molecular weight is 358 g/mol. The second-order valence-corrected chi connectivity index (χ2v) is 4.40. The van der Waals surface area contributed by atoms with E-state index in [1.54, 1.807) is 6.92 Å². The van der Waals surface area contributed by atoms with E-state index in [9.17, 15) is 19.2 Å². The van der Waals surface area contributed by atoms with Gasteiger partial charge in [0.2, 0.25) is 0 Å². The van der Waals surface area contributed by atoms with Gasteiger partial charge < -0.3 is 24.4 Å². The number of carbonyl (C=O) groups excluding carboxylic acids is 3. The first-order valence-electron chi connectivity index (χ1n) is 6.95. The first kappa shape index (κ1) is 24.3. The van der Waals surface area contributed by atoms with Gasteiger partial charge in [-0.15, -0.1) is 0 Å². The Labute approximate surface area is 145 Å². The van der Waals surface area contributed by atoms with Crippen LogP contribution in [0.5, 0.6) is 0 Å². The number of carboxylic acids is 1. The maximum Gasteiger partial charge on any atom is 0.333 e. The molecule has 9 heteroatoms. The fourth-order valence-corrected chi connectivity index (χ4v) is 0.849. The number of carboxylic acid groups (broad SMARTS) is 1. The van der Waals surface area contributed by atoms with Crippen molar-refractivity contribution in [1.29, 1.82) is 0 Å². The van der Waals surface area contributed by atoms with Gasteiger partial charge in [0.15, 0.2) is 0 Å². The molecule has 0 amide bonds. The Bertz CT molecular complexity index is 532. The van der Waals surface area contributed by atoms with E-state index in [-0.39, 0.29) is 32.0 Å². The van der Waals surface area contributed by atoms with Crippen LogP contribution >= 0.6 is 0 Å². The number of ether oxygens (including phenoxy) is 3. The highest BCUT2D eigenvalue weighted by Crippen LogP contribution is 1.92. The van der Waals surface area contributed by atoms with Crippen molar-refractivity contribution < 1.29 is 43.6 Å². The largest absolute Gasteiger partial charge is 0.478 e. The zero-order chi connectivity index (χ0) is 19.8. The van der Waals surface area contributed by atoms with Gasteiger partial charge >= 0.3 is 23.9 Å². The molecule has 0 unspecified atom stereocenters. The molecule has 0 radical (unpaired) electrons. The zero-order valence-electron chi connectivity index (χ0n) is 14.1. The SMILES string of the molecule is C=C(C)C(=O)OCCO.C=C(C)C(=O)OCCOC(=O)/C=C\C(=O)O. The Balaban J connectivity index is 0. The summed E-state index contributed by atoms with van der Waals surface area (Å²) in [5.74, 6) is -3.08. The molecule has 0 aliphatic carbocycles. The number of hydrogen-bond donors (Lipinski definition) is 2. The molecule has 140 valence electrons. The minimum Gasteiger partial charge on any atom is -0.478 e. The van der Waals surface area contributed by atoms with Crippen LogP contribution in [0.2, 0.25) is 0 Å². The molecule has 0 heterocycles. The molecule has 0 atom stereocenters. The molecule has 0 spiro atoms. The van der Waals surface area contributed by atoms with E-state index in [0.717, 1.165) is 6.08 Å². The predicted molar refractivity (Wildman–Crippen MR) is 86.4 cm³/mol. The van der Waals surface area contributed by atoms with E-state index in [0.29, 0.717) is 11.6 Å². The van der Waals surface area contributed by atoms with Crippen molar-refractivity contribution in [2.24, 2.45) is 0 Å². The third-order valence-corrected chi connectivity index (χ3v) is 1.94. The van der Waals surface area contributed by atoms with Crippen molar-refractivity contribution in [3.05, 3.63) is 36.5 Å². The Morgan fingerprint density at radius 1 is 0.840 bits per heavy atom. The van der Waals surface area contributed by atoms with Crippen molar-refractivity contribution >= 4 is 23.9 Å². The van der Waals surface area contributed by atoms with Crippen LogP contribution in [0, 0.1) is 0 Å². The molecule has 0 aliphatic heterocycles. The van der Waals surface area contributed by atoms with Crippen molar-refractivity contribution in [2.45, 2.75) is 13.8 Å². The maximum absolute atomic E-state index is 10.8. The van der Waals surface area contributed by atoms with Crippen molar-refractivity contribution in [3.63, 3.8) is 0 Å². The minimum absolute atomic E-state index is 0.0473. The summed E-state index contributed by atoms with van der Waals surface area (Å²) in [6.45, 7) is 9.43. The summed E-state index contributed by atoms with van der Waals surface area (Å²) in [4.78, 5) is 42.1. The van der Waals surface area contributed by atoms with Crippen LogP contribution in [0.3, 0.4) is 0 Å². The standard InChI is InChI=1S/C10H12O6.C6H10O3/c1-7(2)10(14)16-6-5-15-9(13)4-3-8(11)12;1-5(2)6(8)9-4-3-7/h3-4H,1,5-6H2,2H3,(H,11,12);7H,1,3-4H2,2H3/b4-3-;. The van der Waals surface area contributed by atoms with Crippen LogP contribution < -0.4 is 0 Å².